The van der Waals surface area contributed by atoms with E-state index in [0.29, 0.717) is 12.5 Å². The fourth-order valence-corrected chi connectivity index (χ4v) is 0.994. The molecule has 0 aromatic carbocycles. The van der Waals surface area contributed by atoms with Crippen LogP contribution in [0.5, 0.6) is 0 Å². The molecule has 1 heterocycles. The molecule has 0 amide bonds. The quantitative estimate of drug-likeness (QED) is 0.684. The predicted octanol–water partition coefficient (Wildman–Crippen LogP) is 0.448. The van der Waals surface area contributed by atoms with Crippen molar-refractivity contribution in [1.29, 1.82) is 0 Å². The van der Waals surface area contributed by atoms with E-state index in [1.54, 1.807) is 0 Å². The number of nitrogens with zero attached hydrogens (tertiary/aromatic N) is 2. The van der Waals surface area contributed by atoms with Gasteiger partial charge in [0.1, 0.15) is 0 Å². The number of hydrogen-bond acceptors (Lipinski definition) is 4. The van der Waals surface area contributed by atoms with Gasteiger partial charge in [0.25, 0.3) is 0 Å². The molecule has 2 N–H and O–H groups in total. The molecule has 60 valence electrons. The van der Waals surface area contributed by atoms with Gasteiger partial charge in [0.05, 0.1) is 0 Å². The molecular weight excluding hydrogens is 142 g/mol. The molecule has 1 fully saturated rings. The Hall–Kier alpha value is -0.900. The van der Waals surface area contributed by atoms with Crippen LogP contribution in [0.25, 0.3) is 0 Å². The van der Waals surface area contributed by atoms with Crippen molar-refractivity contribution >= 4 is 0 Å². The van der Waals surface area contributed by atoms with Crippen LogP contribution in [0, 0.1) is 0 Å². The summed E-state index contributed by atoms with van der Waals surface area (Å²) in [6.45, 7) is 0.587. The Labute approximate surface area is 64.8 Å². The Balaban J connectivity index is 2.06. The molecule has 1 aliphatic rings. The number of nitrogens with two attached hydrogens (primary N) is 1. The van der Waals surface area contributed by atoms with Crippen molar-refractivity contribution in [2.24, 2.45) is 5.73 Å². The van der Waals surface area contributed by atoms with Gasteiger partial charge in [-0.15, -0.1) is 0 Å². The van der Waals surface area contributed by atoms with E-state index in [4.69, 9.17) is 10.3 Å². The van der Waals surface area contributed by atoms with Crippen LogP contribution in [0.15, 0.2) is 4.52 Å². The molecule has 1 aromatic heterocycles. The van der Waals surface area contributed by atoms with E-state index in [2.05, 4.69) is 10.1 Å². The summed E-state index contributed by atoms with van der Waals surface area (Å²) in [6.07, 6.45) is 3.12. The zero-order valence-corrected chi connectivity index (χ0v) is 6.29. The van der Waals surface area contributed by atoms with Crippen molar-refractivity contribution in [3.63, 3.8) is 0 Å². The highest BCUT2D eigenvalue weighted by Gasteiger charge is 2.29. The molecule has 4 nitrogen and oxygen atoms in total. The number of rotatable bonds is 3. The predicted molar refractivity (Wildman–Crippen MR) is 39.0 cm³/mol. The maximum Gasteiger partial charge on any atom is 0.229 e. The Bertz CT molecular complexity index is 242. The lowest BCUT2D eigenvalue weighted by Gasteiger charge is -1.83. The van der Waals surface area contributed by atoms with E-state index in [0.717, 1.165) is 18.1 Å². The van der Waals surface area contributed by atoms with E-state index in [-0.39, 0.29) is 0 Å². The lowest BCUT2D eigenvalue weighted by Crippen LogP contribution is -2.03. The molecule has 1 aliphatic carbocycles. The van der Waals surface area contributed by atoms with Crippen LogP contribution in [0.2, 0.25) is 0 Å². The van der Waals surface area contributed by atoms with Gasteiger partial charge in [0.2, 0.25) is 5.89 Å². The summed E-state index contributed by atoms with van der Waals surface area (Å²) < 4.78 is 5.02. The zero-order valence-electron chi connectivity index (χ0n) is 6.29. The maximum absolute atomic E-state index is 5.34. The topological polar surface area (TPSA) is 64.9 Å². The van der Waals surface area contributed by atoms with Crippen molar-refractivity contribution in [1.82, 2.24) is 10.1 Å². The largest absolute Gasteiger partial charge is 0.339 e. The summed E-state index contributed by atoms with van der Waals surface area (Å²) in [7, 11) is 0. The zero-order chi connectivity index (χ0) is 7.68. The number of aromatic nitrogens is 2. The van der Waals surface area contributed by atoms with Crippen LogP contribution < -0.4 is 5.73 Å². The third kappa shape index (κ3) is 1.40. The highest BCUT2D eigenvalue weighted by atomic mass is 16.5. The molecular formula is C7H11N3O. The van der Waals surface area contributed by atoms with Gasteiger partial charge in [-0.3, -0.25) is 0 Å². The van der Waals surface area contributed by atoms with Crippen LogP contribution in [-0.2, 0) is 6.42 Å². The van der Waals surface area contributed by atoms with E-state index in [1.807, 2.05) is 0 Å². The minimum atomic E-state index is 0.550. The molecule has 0 unspecified atom stereocenters. The SMILES string of the molecule is NCCc1noc(C2CC2)n1. The summed E-state index contributed by atoms with van der Waals surface area (Å²) in [5, 5.41) is 3.80. The lowest BCUT2D eigenvalue weighted by molar-refractivity contribution is 0.374. The Morgan fingerprint density at radius 1 is 1.55 bits per heavy atom. The van der Waals surface area contributed by atoms with Crippen LogP contribution in [0.3, 0.4) is 0 Å². The van der Waals surface area contributed by atoms with E-state index in [1.165, 1.54) is 12.8 Å². The highest BCUT2D eigenvalue weighted by Crippen LogP contribution is 2.38. The van der Waals surface area contributed by atoms with Gasteiger partial charge in [0, 0.05) is 12.3 Å². The molecule has 1 saturated carbocycles. The fourth-order valence-electron chi connectivity index (χ4n) is 0.994. The summed E-state index contributed by atoms with van der Waals surface area (Å²) in [6, 6.07) is 0. The molecule has 0 saturated heterocycles. The first kappa shape index (κ1) is 6.79. The average molecular weight is 153 g/mol. The van der Waals surface area contributed by atoms with Crippen molar-refractivity contribution < 1.29 is 4.52 Å². The van der Waals surface area contributed by atoms with Crippen molar-refractivity contribution in [2.45, 2.75) is 25.2 Å². The fraction of sp³-hybridized carbons (Fsp3) is 0.714. The first-order valence-corrected chi connectivity index (χ1v) is 3.92. The van der Waals surface area contributed by atoms with Gasteiger partial charge in [-0.2, -0.15) is 4.98 Å². The Morgan fingerprint density at radius 2 is 2.36 bits per heavy atom. The van der Waals surface area contributed by atoms with Gasteiger partial charge in [-0.25, -0.2) is 0 Å². The van der Waals surface area contributed by atoms with Crippen LogP contribution >= 0.6 is 0 Å². The molecule has 11 heavy (non-hydrogen) atoms. The molecule has 0 radical (unpaired) electrons. The van der Waals surface area contributed by atoms with E-state index in [9.17, 15) is 0 Å². The first-order chi connectivity index (χ1) is 5.40. The van der Waals surface area contributed by atoms with Crippen LogP contribution in [0.1, 0.15) is 30.5 Å². The third-order valence-electron chi connectivity index (χ3n) is 1.78. The second kappa shape index (κ2) is 2.62. The molecule has 0 spiro atoms. The monoisotopic (exact) mass is 153 g/mol. The average Bonchev–Trinajstić information content (AvgIpc) is 2.75. The van der Waals surface area contributed by atoms with Crippen LogP contribution in [-0.4, -0.2) is 16.7 Å². The molecule has 0 atom stereocenters. The third-order valence-corrected chi connectivity index (χ3v) is 1.78. The second-order valence-corrected chi connectivity index (χ2v) is 2.86. The lowest BCUT2D eigenvalue weighted by atomic mass is 10.4. The molecule has 0 aliphatic heterocycles. The second-order valence-electron chi connectivity index (χ2n) is 2.86. The summed E-state index contributed by atoms with van der Waals surface area (Å²) in [4.78, 5) is 4.20. The summed E-state index contributed by atoms with van der Waals surface area (Å²) in [5.41, 5.74) is 5.34. The Kier molecular flexibility index (Phi) is 1.62. The van der Waals surface area contributed by atoms with Gasteiger partial charge in [-0.05, 0) is 19.4 Å². The molecule has 4 heteroatoms. The molecule has 2 rings (SSSR count). The Morgan fingerprint density at radius 3 is 3.00 bits per heavy atom. The van der Waals surface area contributed by atoms with Gasteiger partial charge < -0.3 is 10.3 Å². The summed E-state index contributed by atoms with van der Waals surface area (Å²) in [5.74, 6) is 2.09. The van der Waals surface area contributed by atoms with Gasteiger partial charge in [0.15, 0.2) is 5.82 Å². The maximum atomic E-state index is 5.34. The normalized spacial score (nSPS) is 17.2. The van der Waals surface area contributed by atoms with Gasteiger partial charge >= 0.3 is 0 Å². The minimum absolute atomic E-state index is 0.550. The molecule has 0 bridgehead atoms. The molecule has 1 aromatic rings. The minimum Gasteiger partial charge on any atom is -0.339 e. The van der Waals surface area contributed by atoms with E-state index < -0.39 is 0 Å². The smallest absolute Gasteiger partial charge is 0.229 e. The first-order valence-electron chi connectivity index (χ1n) is 3.92. The van der Waals surface area contributed by atoms with E-state index >= 15 is 0 Å². The van der Waals surface area contributed by atoms with Crippen molar-refractivity contribution in [3.05, 3.63) is 11.7 Å². The number of hydrogen-bond donors (Lipinski definition) is 1. The van der Waals surface area contributed by atoms with Crippen molar-refractivity contribution in [3.8, 4) is 0 Å². The van der Waals surface area contributed by atoms with Gasteiger partial charge in [-0.1, -0.05) is 5.16 Å². The summed E-state index contributed by atoms with van der Waals surface area (Å²) >= 11 is 0. The highest BCUT2D eigenvalue weighted by molar-refractivity contribution is 5.01. The van der Waals surface area contributed by atoms with Crippen LogP contribution in [0.4, 0.5) is 0 Å². The van der Waals surface area contributed by atoms with Crippen molar-refractivity contribution in [2.75, 3.05) is 6.54 Å². The standard InChI is InChI=1S/C7H11N3O/c8-4-3-6-9-7(11-10-6)5-1-2-5/h5H,1-4,8H2.